The van der Waals surface area contributed by atoms with Crippen LogP contribution in [0.15, 0.2) is 24.7 Å². The first kappa shape index (κ1) is 15.3. The van der Waals surface area contributed by atoms with Crippen molar-refractivity contribution in [2.45, 2.75) is 6.92 Å². The van der Waals surface area contributed by atoms with E-state index in [0.717, 1.165) is 24.6 Å². The third kappa shape index (κ3) is 3.78. The van der Waals surface area contributed by atoms with Crippen LogP contribution < -0.4 is 4.90 Å². The van der Waals surface area contributed by atoms with Crippen molar-refractivity contribution < 1.29 is 9.90 Å². The van der Waals surface area contributed by atoms with Crippen LogP contribution in [0.1, 0.15) is 5.69 Å². The molecule has 0 radical (unpaired) electrons. The Bertz CT molecular complexity index is 686. The van der Waals surface area contributed by atoms with Crippen LogP contribution >= 0.6 is 0 Å². The summed E-state index contributed by atoms with van der Waals surface area (Å²) >= 11 is 0. The molecule has 1 saturated heterocycles. The van der Waals surface area contributed by atoms with Gasteiger partial charge in [0.25, 0.3) is 0 Å². The van der Waals surface area contributed by atoms with Crippen molar-refractivity contribution in [3.8, 4) is 11.5 Å². The molecule has 0 saturated carbocycles. The van der Waals surface area contributed by atoms with Crippen LogP contribution in [0, 0.1) is 6.92 Å². The van der Waals surface area contributed by atoms with Gasteiger partial charge in [0.15, 0.2) is 5.82 Å². The van der Waals surface area contributed by atoms with Crippen molar-refractivity contribution in [1.82, 2.24) is 24.8 Å². The summed E-state index contributed by atoms with van der Waals surface area (Å²) in [5.41, 5.74) is 1.51. The first-order valence-corrected chi connectivity index (χ1v) is 7.43. The number of aliphatic carboxylic acids is 1. The van der Waals surface area contributed by atoms with Gasteiger partial charge in [-0.1, -0.05) is 0 Å². The summed E-state index contributed by atoms with van der Waals surface area (Å²) in [6.07, 6.45) is 4.87. The molecular formula is C15H18N6O2. The monoisotopic (exact) mass is 314 g/mol. The molecule has 0 amide bonds. The lowest BCUT2D eigenvalue weighted by atomic mass is 10.3. The van der Waals surface area contributed by atoms with Crippen LogP contribution in [0.2, 0.25) is 0 Å². The predicted molar refractivity (Wildman–Crippen MR) is 84.1 cm³/mol. The van der Waals surface area contributed by atoms with E-state index in [1.54, 1.807) is 18.6 Å². The van der Waals surface area contributed by atoms with Crippen molar-refractivity contribution in [3.63, 3.8) is 0 Å². The number of hydrogen-bond acceptors (Lipinski definition) is 7. The number of nitrogens with zero attached hydrogens (tertiary/aromatic N) is 6. The van der Waals surface area contributed by atoms with Gasteiger partial charge in [0.2, 0.25) is 0 Å². The number of piperazine rings is 1. The van der Waals surface area contributed by atoms with Crippen LogP contribution in [-0.2, 0) is 4.79 Å². The highest BCUT2D eigenvalue weighted by Gasteiger charge is 2.20. The molecule has 1 aliphatic rings. The van der Waals surface area contributed by atoms with Crippen molar-refractivity contribution in [2.75, 3.05) is 37.6 Å². The molecule has 0 aliphatic carbocycles. The third-order valence-electron chi connectivity index (χ3n) is 3.69. The maximum atomic E-state index is 10.8. The second kappa shape index (κ2) is 6.66. The average molecular weight is 314 g/mol. The van der Waals surface area contributed by atoms with Gasteiger partial charge in [-0.3, -0.25) is 14.7 Å². The Kier molecular flexibility index (Phi) is 4.42. The molecular weight excluding hydrogens is 296 g/mol. The molecule has 1 N–H and O–H groups in total. The van der Waals surface area contributed by atoms with Crippen LogP contribution in [0.4, 0.5) is 5.82 Å². The van der Waals surface area contributed by atoms with Gasteiger partial charge >= 0.3 is 5.97 Å². The fraction of sp³-hybridized carbons (Fsp3) is 0.400. The Morgan fingerprint density at radius 2 is 2.00 bits per heavy atom. The number of anilines is 1. The summed E-state index contributed by atoms with van der Waals surface area (Å²) < 4.78 is 0. The lowest BCUT2D eigenvalue weighted by Crippen LogP contribution is -2.48. The summed E-state index contributed by atoms with van der Waals surface area (Å²) in [5.74, 6) is 0.607. The molecule has 8 nitrogen and oxygen atoms in total. The fourth-order valence-electron chi connectivity index (χ4n) is 2.57. The zero-order valence-corrected chi connectivity index (χ0v) is 12.9. The molecule has 0 unspecified atom stereocenters. The van der Waals surface area contributed by atoms with Crippen LogP contribution in [0.3, 0.4) is 0 Å². The second-order valence-corrected chi connectivity index (χ2v) is 5.44. The van der Waals surface area contributed by atoms with E-state index in [1.165, 1.54) is 0 Å². The highest BCUT2D eigenvalue weighted by atomic mass is 16.4. The molecule has 8 heteroatoms. The molecule has 23 heavy (non-hydrogen) atoms. The van der Waals surface area contributed by atoms with Gasteiger partial charge in [-0.2, -0.15) is 0 Å². The predicted octanol–water partition coefficient (Wildman–Crippen LogP) is 0.449. The van der Waals surface area contributed by atoms with E-state index >= 15 is 0 Å². The van der Waals surface area contributed by atoms with Gasteiger partial charge in [0, 0.05) is 50.3 Å². The zero-order chi connectivity index (χ0) is 16.2. The number of carboxylic acid groups (broad SMARTS) is 1. The topological polar surface area (TPSA) is 95.3 Å². The summed E-state index contributed by atoms with van der Waals surface area (Å²) in [7, 11) is 0. The van der Waals surface area contributed by atoms with Gasteiger partial charge < -0.3 is 10.0 Å². The number of rotatable bonds is 4. The molecule has 120 valence electrons. The van der Waals surface area contributed by atoms with E-state index in [2.05, 4.69) is 24.8 Å². The Balaban J connectivity index is 1.76. The minimum Gasteiger partial charge on any atom is -0.480 e. The summed E-state index contributed by atoms with van der Waals surface area (Å²) in [6, 6.07) is 1.94. The molecule has 2 aromatic rings. The van der Waals surface area contributed by atoms with E-state index < -0.39 is 5.97 Å². The normalized spacial score (nSPS) is 15.6. The Morgan fingerprint density at radius 1 is 1.22 bits per heavy atom. The van der Waals surface area contributed by atoms with Gasteiger partial charge in [-0.25, -0.2) is 15.0 Å². The van der Waals surface area contributed by atoms with Crippen LogP contribution in [0.25, 0.3) is 11.5 Å². The Morgan fingerprint density at radius 3 is 2.65 bits per heavy atom. The largest absolute Gasteiger partial charge is 0.480 e. The van der Waals surface area contributed by atoms with Crippen molar-refractivity contribution >= 4 is 11.8 Å². The number of carbonyl (C=O) groups is 1. The average Bonchev–Trinajstić information content (AvgIpc) is 2.55. The van der Waals surface area contributed by atoms with Gasteiger partial charge in [-0.05, 0) is 6.92 Å². The maximum absolute atomic E-state index is 10.8. The SMILES string of the molecule is Cc1cc(N2CCN(CC(=O)O)CC2)nc(-c2cnccn2)n1. The van der Waals surface area contributed by atoms with E-state index in [-0.39, 0.29) is 6.54 Å². The van der Waals surface area contributed by atoms with E-state index in [9.17, 15) is 4.79 Å². The molecule has 3 heterocycles. The van der Waals surface area contributed by atoms with Crippen LogP contribution in [0.5, 0.6) is 0 Å². The summed E-state index contributed by atoms with van der Waals surface area (Å²) in [4.78, 5) is 32.2. The number of hydrogen-bond donors (Lipinski definition) is 1. The first-order chi connectivity index (χ1) is 11.1. The van der Waals surface area contributed by atoms with E-state index in [4.69, 9.17) is 5.11 Å². The van der Waals surface area contributed by atoms with E-state index in [1.807, 2.05) is 17.9 Å². The molecule has 2 aromatic heterocycles. The number of aromatic nitrogens is 4. The van der Waals surface area contributed by atoms with Gasteiger partial charge in [0.05, 0.1) is 12.7 Å². The highest BCUT2D eigenvalue weighted by molar-refractivity contribution is 5.69. The second-order valence-electron chi connectivity index (χ2n) is 5.44. The van der Waals surface area contributed by atoms with E-state index in [0.29, 0.717) is 24.6 Å². The Hall–Kier alpha value is -2.61. The zero-order valence-electron chi connectivity index (χ0n) is 12.9. The molecule has 1 aliphatic heterocycles. The van der Waals surface area contributed by atoms with Crippen molar-refractivity contribution in [3.05, 3.63) is 30.4 Å². The maximum Gasteiger partial charge on any atom is 0.317 e. The molecule has 0 atom stereocenters. The lowest BCUT2D eigenvalue weighted by molar-refractivity contribution is -0.138. The van der Waals surface area contributed by atoms with Crippen molar-refractivity contribution in [2.24, 2.45) is 0 Å². The standard InChI is InChI=1S/C15H18N6O2/c1-11-8-13(19-15(18-11)12-9-16-2-3-17-12)21-6-4-20(5-7-21)10-14(22)23/h2-3,8-9H,4-7,10H2,1H3,(H,22,23). The summed E-state index contributed by atoms with van der Waals surface area (Å²) in [5, 5.41) is 8.86. The molecule has 0 aromatic carbocycles. The minimum absolute atomic E-state index is 0.0848. The third-order valence-corrected chi connectivity index (χ3v) is 3.69. The molecule has 0 bridgehead atoms. The smallest absolute Gasteiger partial charge is 0.317 e. The number of aryl methyl sites for hydroxylation is 1. The number of carboxylic acids is 1. The first-order valence-electron chi connectivity index (χ1n) is 7.43. The lowest BCUT2D eigenvalue weighted by Gasteiger charge is -2.34. The van der Waals surface area contributed by atoms with Gasteiger partial charge in [-0.15, -0.1) is 0 Å². The van der Waals surface area contributed by atoms with Crippen LogP contribution in [-0.4, -0.2) is 68.6 Å². The van der Waals surface area contributed by atoms with Gasteiger partial charge in [0.1, 0.15) is 11.5 Å². The highest BCUT2D eigenvalue weighted by Crippen LogP contribution is 2.19. The fourth-order valence-corrected chi connectivity index (χ4v) is 2.57. The Labute approximate surface area is 133 Å². The minimum atomic E-state index is -0.790. The molecule has 0 spiro atoms. The molecule has 3 rings (SSSR count). The summed E-state index contributed by atoms with van der Waals surface area (Å²) in [6.45, 7) is 4.89. The van der Waals surface area contributed by atoms with Crippen molar-refractivity contribution in [1.29, 1.82) is 0 Å². The molecule has 1 fully saturated rings. The quantitative estimate of drug-likeness (QED) is 0.869.